The summed E-state index contributed by atoms with van der Waals surface area (Å²) in [6, 6.07) is 6.13. The van der Waals surface area contributed by atoms with Crippen LogP contribution in [0.25, 0.3) is 0 Å². The smallest absolute Gasteiger partial charge is 0.194 e. The Labute approximate surface area is 102 Å². The lowest BCUT2D eigenvalue weighted by Gasteiger charge is -2.06. The topological polar surface area (TPSA) is 0 Å². The summed E-state index contributed by atoms with van der Waals surface area (Å²) in [6.45, 7) is 3.55. The summed E-state index contributed by atoms with van der Waals surface area (Å²) in [5, 5.41) is 0. The molecule has 0 bridgehead atoms. The molecule has 0 aliphatic heterocycles. The van der Waals surface area contributed by atoms with Gasteiger partial charge < -0.3 is 0 Å². The SMILES string of the molecule is [CH2]c1ccc(Cc2ccc(F)c(F)c2F)c(F)c1. The third-order valence-electron chi connectivity index (χ3n) is 2.61. The van der Waals surface area contributed by atoms with E-state index in [2.05, 4.69) is 6.92 Å². The highest BCUT2D eigenvalue weighted by Crippen LogP contribution is 2.20. The van der Waals surface area contributed by atoms with Crippen molar-refractivity contribution in [3.63, 3.8) is 0 Å². The van der Waals surface area contributed by atoms with E-state index < -0.39 is 23.3 Å². The minimum absolute atomic E-state index is 0.0930. The minimum atomic E-state index is -1.54. The van der Waals surface area contributed by atoms with Crippen molar-refractivity contribution >= 4 is 0 Å². The Hall–Kier alpha value is -1.84. The molecule has 1 radical (unpaired) electrons. The van der Waals surface area contributed by atoms with Crippen molar-refractivity contribution in [2.24, 2.45) is 0 Å². The fraction of sp³-hybridized carbons (Fsp3) is 0.0714. The minimum Gasteiger partial charge on any atom is -0.207 e. The molecule has 0 unspecified atom stereocenters. The molecule has 0 aromatic heterocycles. The van der Waals surface area contributed by atoms with Gasteiger partial charge in [-0.25, -0.2) is 17.6 Å². The lowest BCUT2D eigenvalue weighted by atomic mass is 10.0. The van der Waals surface area contributed by atoms with Crippen LogP contribution in [0.15, 0.2) is 30.3 Å². The molecule has 0 N–H and O–H groups in total. The highest BCUT2D eigenvalue weighted by molar-refractivity contribution is 5.32. The van der Waals surface area contributed by atoms with Crippen molar-refractivity contribution < 1.29 is 17.6 Å². The van der Waals surface area contributed by atoms with Crippen molar-refractivity contribution in [2.75, 3.05) is 0 Å². The molecule has 0 spiro atoms. The first kappa shape index (κ1) is 12.6. The fourth-order valence-electron chi connectivity index (χ4n) is 1.64. The molecule has 0 saturated carbocycles. The summed E-state index contributed by atoms with van der Waals surface area (Å²) in [5.41, 5.74) is 0.596. The maximum atomic E-state index is 13.5. The Kier molecular flexibility index (Phi) is 3.36. The molecule has 0 aliphatic carbocycles. The maximum absolute atomic E-state index is 13.5. The van der Waals surface area contributed by atoms with Crippen molar-refractivity contribution in [2.45, 2.75) is 6.42 Å². The highest BCUT2D eigenvalue weighted by Gasteiger charge is 2.14. The lowest BCUT2D eigenvalue weighted by Crippen LogP contribution is -2.00. The van der Waals surface area contributed by atoms with Crippen LogP contribution in [0.3, 0.4) is 0 Å². The first-order chi connectivity index (χ1) is 8.49. The second-order valence-corrected chi connectivity index (χ2v) is 3.94. The van der Waals surface area contributed by atoms with E-state index in [1.807, 2.05) is 0 Å². The Morgan fingerprint density at radius 1 is 0.778 bits per heavy atom. The zero-order valence-corrected chi connectivity index (χ0v) is 9.31. The number of halogens is 4. The molecule has 2 aromatic rings. The zero-order valence-electron chi connectivity index (χ0n) is 9.31. The van der Waals surface area contributed by atoms with Gasteiger partial charge in [-0.3, -0.25) is 0 Å². The first-order valence-electron chi connectivity index (χ1n) is 5.22. The molecule has 0 saturated heterocycles. The average Bonchev–Trinajstić information content (AvgIpc) is 2.33. The molecule has 0 aliphatic rings. The number of hydrogen-bond donors (Lipinski definition) is 0. The zero-order chi connectivity index (χ0) is 13.3. The van der Waals surface area contributed by atoms with Crippen LogP contribution in [0.4, 0.5) is 17.6 Å². The van der Waals surface area contributed by atoms with Gasteiger partial charge in [-0.15, -0.1) is 0 Å². The third-order valence-corrected chi connectivity index (χ3v) is 2.61. The molecule has 2 aromatic carbocycles. The standard InChI is InChI=1S/C14H9F4/c1-8-2-3-9(12(16)6-8)7-10-4-5-11(15)14(18)13(10)17/h2-6H,1,7H2. The summed E-state index contributed by atoms with van der Waals surface area (Å²) >= 11 is 0. The van der Waals surface area contributed by atoms with Crippen molar-refractivity contribution in [3.8, 4) is 0 Å². The molecule has 0 atom stereocenters. The molecule has 0 amide bonds. The monoisotopic (exact) mass is 253 g/mol. The van der Waals surface area contributed by atoms with Crippen LogP contribution in [-0.4, -0.2) is 0 Å². The predicted molar refractivity (Wildman–Crippen MR) is 60.0 cm³/mol. The molecule has 0 fully saturated rings. The summed E-state index contributed by atoms with van der Waals surface area (Å²) in [5.74, 6) is -4.63. The van der Waals surface area contributed by atoms with Crippen LogP contribution >= 0.6 is 0 Å². The number of rotatable bonds is 2. The van der Waals surface area contributed by atoms with Crippen molar-refractivity contribution in [1.29, 1.82) is 0 Å². The van der Waals surface area contributed by atoms with Crippen LogP contribution in [0, 0.1) is 30.2 Å². The summed E-state index contributed by atoms with van der Waals surface area (Å²) in [4.78, 5) is 0. The molecular weight excluding hydrogens is 244 g/mol. The Balaban J connectivity index is 2.37. The maximum Gasteiger partial charge on any atom is 0.194 e. The molecule has 4 heteroatoms. The molecular formula is C14H9F4. The Morgan fingerprint density at radius 3 is 2.11 bits per heavy atom. The highest BCUT2D eigenvalue weighted by atomic mass is 19.2. The van der Waals surface area contributed by atoms with Gasteiger partial charge in [0.05, 0.1) is 0 Å². The molecule has 93 valence electrons. The second-order valence-electron chi connectivity index (χ2n) is 3.94. The fourth-order valence-corrected chi connectivity index (χ4v) is 1.64. The van der Waals surface area contributed by atoms with Crippen molar-refractivity contribution in [3.05, 3.63) is 77.2 Å². The summed E-state index contributed by atoms with van der Waals surface area (Å²) in [6.07, 6.45) is -0.144. The average molecular weight is 253 g/mol. The van der Waals surface area contributed by atoms with Crippen LogP contribution in [0.2, 0.25) is 0 Å². The quantitative estimate of drug-likeness (QED) is 0.560. The molecule has 18 heavy (non-hydrogen) atoms. The largest absolute Gasteiger partial charge is 0.207 e. The van der Waals surface area contributed by atoms with E-state index in [-0.39, 0.29) is 17.5 Å². The van der Waals surface area contributed by atoms with Crippen molar-refractivity contribution in [1.82, 2.24) is 0 Å². The third kappa shape index (κ3) is 2.37. The van der Waals surface area contributed by atoms with Gasteiger partial charge in [0.25, 0.3) is 0 Å². The van der Waals surface area contributed by atoms with Gasteiger partial charge in [0.2, 0.25) is 0 Å². The van der Waals surface area contributed by atoms with Gasteiger partial charge in [-0.2, -0.15) is 0 Å². The van der Waals surface area contributed by atoms with E-state index in [0.717, 1.165) is 12.1 Å². The van der Waals surface area contributed by atoms with E-state index in [9.17, 15) is 17.6 Å². The number of benzene rings is 2. The summed E-state index contributed by atoms with van der Waals surface area (Å²) in [7, 11) is 0. The summed E-state index contributed by atoms with van der Waals surface area (Å²) < 4.78 is 52.7. The van der Waals surface area contributed by atoms with Gasteiger partial charge >= 0.3 is 0 Å². The Bertz CT molecular complexity index is 591. The van der Waals surface area contributed by atoms with E-state index in [0.29, 0.717) is 5.56 Å². The lowest BCUT2D eigenvalue weighted by molar-refractivity contribution is 0.441. The van der Waals surface area contributed by atoms with E-state index in [4.69, 9.17) is 0 Å². The number of hydrogen-bond acceptors (Lipinski definition) is 0. The first-order valence-corrected chi connectivity index (χ1v) is 5.22. The molecule has 2 rings (SSSR count). The van der Waals surface area contributed by atoms with Crippen LogP contribution < -0.4 is 0 Å². The predicted octanol–water partition coefficient (Wildman–Crippen LogP) is 4.02. The van der Waals surface area contributed by atoms with E-state index in [1.54, 1.807) is 6.07 Å². The van der Waals surface area contributed by atoms with Crippen LogP contribution in [-0.2, 0) is 6.42 Å². The van der Waals surface area contributed by atoms with Gasteiger partial charge in [-0.05, 0) is 35.7 Å². The van der Waals surface area contributed by atoms with Gasteiger partial charge in [0.15, 0.2) is 17.5 Å². The Morgan fingerprint density at radius 2 is 1.44 bits per heavy atom. The van der Waals surface area contributed by atoms with Gasteiger partial charge in [-0.1, -0.05) is 18.2 Å². The molecule has 0 heterocycles. The van der Waals surface area contributed by atoms with Crippen LogP contribution in [0.1, 0.15) is 16.7 Å². The van der Waals surface area contributed by atoms with Gasteiger partial charge in [0, 0.05) is 6.42 Å². The normalized spacial score (nSPS) is 10.7. The van der Waals surface area contributed by atoms with Crippen LogP contribution in [0.5, 0.6) is 0 Å². The molecule has 0 nitrogen and oxygen atoms in total. The second kappa shape index (κ2) is 4.80. The van der Waals surface area contributed by atoms with E-state index >= 15 is 0 Å². The van der Waals surface area contributed by atoms with E-state index in [1.165, 1.54) is 12.1 Å². The van der Waals surface area contributed by atoms with Gasteiger partial charge in [0.1, 0.15) is 5.82 Å².